The highest BCUT2D eigenvalue weighted by atomic mass is 19.1. The standard InChI is InChI=1S/C13H14FN3/c1-17(12-6-4-11(14)5-7-12)13-10(9-15)3-2-8-16-13/h2-8H,9,15H2,1H3. The van der Waals surface area contributed by atoms with Crippen molar-refractivity contribution in [1.82, 2.24) is 4.98 Å². The first kappa shape index (κ1) is 11.5. The first-order chi connectivity index (χ1) is 8.22. The summed E-state index contributed by atoms with van der Waals surface area (Å²) < 4.78 is 12.8. The summed E-state index contributed by atoms with van der Waals surface area (Å²) in [5, 5.41) is 0. The second-order valence-electron chi connectivity index (χ2n) is 3.73. The van der Waals surface area contributed by atoms with E-state index in [0.29, 0.717) is 6.54 Å². The number of hydrogen-bond acceptors (Lipinski definition) is 3. The Morgan fingerprint density at radius 3 is 2.59 bits per heavy atom. The van der Waals surface area contributed by atoms with Crippen molar-refractivity contribution in [3.05, 3.63) is 54.0 Å². The average Bonchev–Trinajstić information content (AvgIpc) is 2.39. The average molecular weight is 231 g/mol. The molecule has 1 aromatic carbocycles. The molecule has 0 bridgehead atoms. The van der Waals surface area contributed by atoms with Crippen LogP contribution in [-0.4, -0.2) is 12.0 Å². The van der Waals surface area contributed by atoms with Crippen molar-refractivity contribution in [1.29, 1.82) is 0 Å². The summed E-state index contributed by atoms with van der Waals surface area (Å²) in [7, 11) is 1.88. The summed E-state index contributed by atoms with van der Waals surface area (Å²) >= 11 is 0. The second kappa shape index (κ2) is 4.93. The van der Waals surface area contributed by atoms with Gasteiger partial charge in [0.2, 0.25) is 0 Å². The zero-order valence-electron chi connectivity index (χ0n) is 9.60. The molecule has 0 unspecified atom stereocenters. The Morgan fingerprint density at radius 2 is 1.94 bits per heavy atom. The fourth-order valence-corrected chi connectivity index (χ4v) is 1.68. The molecular weight excluding hydrogens is 217 g/mol. The van der Waals surface area contributed by atoms with Gasteiger partial charge in [-0.2, -0.15) is 0 Å². The van der Waals surface area contributed by atoms with Gasteiger partial charge in [0.25, 0.3) is 0 Å². The largest absolute Gasteiger partial charge is 0.329 e. The summed E-state index contributed by atoms with van der Waals surface area (Å²) in [5.74, 6) is 0.545. The molecule has 0 radical (unpaired) electrons. The smallest absolute Gasteiger partial charge is 0.137 e. The summed E-state index contributed by atoms with van der Waals surface area (Å²) in [4.78, 5) is 6.19. The Morgan fingerprint density at radius 1 is 1.24 bits per heavy atom. The van der Waals surface area contributed by atoms with Crippen LogP contribution >= 0.6 is 0 Å². The topological polar surface area (TPSA) is 42.2 Å². The van der Waals surface area contributed by atoms with Crippen LogP contribution in [0.2, 0.25) is 0 Å². The van der Waals surface area contributed by atoms with Gasteiger partial charge >= 0.3 is 0 Å². The van der Waals surface area contributed by atoms with Crippen molar-refractivity contribution in [2.75, 3.05) is 11.9 Å². The third-order valence-corrected chi connectivity index (χ3v) is 2.62. The predicted molar refractivity (Wildman–Crippen MR) is 66.6 cm³/mol. The van der Waals surface area contributed by atoms with Gasteiger partial charge in [-0.25, -0.2) is 9.37 Å². The Kier molecular flexibility index (Phi) is 3.35. The highest BCUT2D eigenvalue weighted by molar-refractivity contribution is 5.61. The van der Waals surface area contributed by atoms with Gasteiger partial charge in [0.15, 0.2) is 0 Å². The lowest BCUT2D eigenvalue weighted by atomic mass is 10.2. The Labute approximate surface area is 99.7 Å². The van der Waals surface area contributed by atoms with Gasteiger partial charge in [0.1, 0.15) is 11.6 Å². The Hall–Kier alpha value is -1.94. The maximum atomic E-state index is 12.8. The molecule has 88 valence electrons. The molecule has 1 heterocycles. The van der Waals surface area contributed by atoms with Crippen LogP contribution in [0.4, 0.5) is 15.9 Å². The fourth-order valence-electron chi connectivity index (χ4n) is 1.68. The molecule has 3 nitrogen and oxygen atoms in total. The molecule has 0 aliphatic carbocycles. The van der Waals surface area contributed by atoms with Gasteiger partial charge in [0.05, 0.1) is 0 Å². The minimum Gasteiger partial charge on any atom is -0.329 e. The van der Waals surface area contributed by atoms with Gasteiger partial charge in [0, 0.05) is 31.0 Å². The lowest BCUT2D eigenvalue weighted by molar-refractivity contribution is 0.628. The lowest BCUT2D eigenvalue weighted by Gasteiger charge is -2.20. The van der Waals surface area contributed by atoms with Crippen molar-refractivity contribution in [2.45, 2.75) is 6.54 Å². The molecule has 17 heavy (non-hydrogen) atoms. The van der Waals surface area contributed by atoms with Crippen molar-refractivity contribution < 1.29 is 4.39 Å². The Balaban J connectivity index is 2.36. The summed E-state index contributed by atoms with van der Waals surface area (Å²) in [6, 6.07) is 10.1. The maximum absolute atomic E-state index is 12.8. The van der Waals surface area contributed by atoms with Crippen molar-refractivity contribution in [3.63, 3.8) is 0 Å². The molecular formula is C13H14FN3. The van der Waals surface area contributed by atoms with Gasteiger partial charge in [-0.3, -0.25) is 0 Å². The summed E-state index contributed by atoms with van der Waals surface area (Å²) in [6.07, 6.45) is 1.72. The van der Waals surface area contributed by atoms with Crippen LogP contribution in [0, 0.1) is 5.82 Å². The molecule has 2 aromatic rings. The van der Waals surface area contributed by atoms with Crippen LogP contribution < -0.4 is 10.6 Å². The van der Waals surface area contributed by atoms with Crippen LogP contribution in [0.15, 0.2) is 42.6 Å². The number of aromatic nitrogens is 1. The quantitative estimate of drug-likeness (QED) is 0.882. The van der Waals surface area contributed by atoms with Crippen molar-refractivity contribution in [3.8, 4) is 0 Å². The third kappa shape index (κ3) is 2.42. The number of rotatable bonds is 3. The van der Waals surface area contributed by atoms with E-state index in [-0.39, 0.29) is 5.82 Å². The minimum atomic E-state index is -0.248. The first-order valence-corrected chi connectivity index (χ1v) is 5.35. The molecule has 0 amide bonds. The maximum Gasteiger partial charge on any atom is 0.137 e. The SMILES string of the molecule is CN(c1ccc(F)cc1)c1ncccc1CN. The van der Waals surface area contributed by atoms with E-state index in [2.05, 4.69) is 4.98 Å². The number of hydrogen-bond donors (Lipinski definition) is 1. The van der Waals surface area contributed by atoms with Crippen LogP contribution in [-0.2, 0) is 6.54 Å². The fraction of sp³-hybridized carbons (Fsp3) is 0.154. The van der Waals surface area contributed by atoms with Crippen molar-refractivity contribution >= 4 is 11.5 Å². The molecule has 2 rings (SSSR count). The predicted octanol–water partition coefficient (Wildman–Crippen LogP) is 2.45. The number of pyridine rings is 1. The number of nitrogens with zero attached hydrogens (tertiary/aromatic N) is 2. The number of halogens is 1. The minimum absolute atomic E-state index is 0.248. The Bertz CT molecular complexity index is 496. The molecule has 0 aliphatic heterocycles. The molecule has 1 aromatic heterocycles. The van der Waals surface area contributed by atoms with E-state index in [1.165, 1.54) is 12.1 Å². The molecule has 0 spiro atoms. The molecule has 0 saturated heterocycles. The van der Waals surface area contributed by atoms with Crippen LogP contribution in [0.3, 0.4) is 0 Å². The molecule has 2 N–H and O–H groups in total. The lowest BCUT2D eigenvalue weighted by Crippen LogP contribution is -2.14. The van der Waals surface area contributed by atoms with E-state index < -0.39 is 0 Å². The van der Waals surface area contributed by atoms with Crippen LogP contribution in [0.1, 0.15) is 5.56 Å². The van der Waals surface area contributed by atoms with Gasteiger partial charge in [-0.05, 0) is 30.3 Å². The molecule has 0 atom stereocenters. The van der Waals surface area contributed by atoms with E-state index in [4.69, 9.17) is 5.73 Å². The first-order valence-electron chi connectivity index (χ1n) is 5.35. The molecule has 0 aliphatic rings. The molecule has 0 fully saturated rings. The zero-order chi connectivity index (χ0) is 12.3. The third-order valence-electron chi connectivity index (χ3n) is 2.62. The van der Waals surface area contributed by atoms with E-state index in [9.17, 15) is 4.39 Å². The summed E-state index contributed by atoms with van der Waals surface area (Å²) in [5.41, 5.74) is 7.50. The number of anilines is 2. The highest BCUT2D eigenvalue weighted by Gasteiger charge is 2.09. The summed E-state index contributed by atoms with van der Waals surface area (Å²) in [6.45, 7) is 0.425. The van der Waals surface area contributed by atoms with Gasteiger partial charge in [-0.15, -0.1) is 0 Å². The van der Waals surface area contributed by atoms with Crippen molar-refractivity contribution in [2.24, 2.45) is 5.73 Å². The second-order valence-corrected chi connectivity index (χ2v) is 3.73. The van der Waals surface area contributed by atoms with E-state index in [0.717, 1.165) is 17.1 Å². The number of benzene rings is 1. The normalized spacial score (nSPS) is 10.3. The number of nitrogens with two attached hydrogens (primary N) is 1. The molecule has 4 heteroatoms. The van der Waals surface area contributed by atoms with Gasteiger partial charge < -0.3 is 10.6 Å². The van der Waals surface area contributed by atoms with Crippen LogP contribution in [0.5, 0.6) is 0 Å². The van der Waals surface area contributed by atoms with Crippen LogP contribution in [0.25, 0.3) is 0 Å². The van der Waals surface area contributed by atoms with E-state index in [1.54, 1.807) is 18.3 Å². The monoisotopic (exact) mass is 231 g/mol. The van der Waals surface area contributed by atoms with E-state index in [1.807, 2.05) is 24.1 Å². The van der Waals surface area contributed by atoms with E-state index >= 15 is 0 Å². The zero-order valence-corrected chi connectivity index (χ0v) is 9.60. The highest BCUT2D eigenvalue weighted by Crippen LogP contribution is 2.24. The molecule has 0 saturated carbocycles. The van der Waals surface area contributed by atoms with Gasteiger partial charge in [-0.1, -0.05) is 6.07 Å².